The van der Waals surface area contributed by atoms with Crippen molar-refractivity contribution in [3.05, 3.63) is 10.9 Å². The van der Waals surface area contributed by atoms with Gasteiger partial charge in [-0.1, -0.05) is 0 Å². The number of esters is 1. The van der Waals surface area contributed by atoms with E-state index < -0.39 is 16.0 Å². The summed E-state index contributed by atoms with van der Waals surface area (Å²) in [6.07, 6.45) is 0.743. The first kappa shape index (κ1) is 19.2. The van der Waals surface area contributed by atoms with Gasteiger partial charge in [0.25, 0.3) is 10.0 Å². The largest absolute Gasteiger partial charge is 0.494 e. The first-order valence-electron chi connectivity index (χ1n) is 6.40. The fraction of sp³-hybridized carbons (Fsp3) is 0.583. The standard InChI is InChI=1S/C12H18N2O5S2.ClH/c1-18-9-5-10(11(15)19-2)20-12(9)21(16,17)14-4-3-8(6-13)7-14;/h5,8H,3-4,6-7,13H2,1-2H3;1H. The van der Waals surface area contributed by atoms with Gasteiger partial charge in [-0.05, 0) is 18.9 Å². The van der Waals surface area contributed by atoms with Gasteiger partial charge in [-0.3, -0.25) is 0 Å². The van der Waals surface area contributed by atoms with Crippen molar-refractivity contribution in [2.45, 2.75) is 10.6 Å². The molecule has 2 N–H and O–H groups in total. The number of nitrogens with two attached hydrogens (primary N) is 1. The molecule has 1 unspecified atom stereocenters. The van der Waals surface area contributed by atoms with E-state index in [1.54, 1.807) is 0 Å². The molecule has 1 aromatic rings. The molecule has 1 saturated heterocycles. The fourth-order valence-corrected chi connectivity index (χ4v) is 5.37. The van der Waals surface area contributed by atoms with Gasteiger partial charge in [0.05, 0.1) is 14.2 Å². The molecule has 1 fully saturated rings. The van der Waals surface area contributed by atoms with Crippen LogP contribution in [0.3, 0.4) is 0 Å². The van der Waals surface area contributed by atoms with Crippen molar-refractivity contribution in [2.75, 3.05) is 33.9 Å². The van der Waals surface area contributed by atoms with E-state index in [4.69, 9.17) is 10.5 Å². The minimum atomic E-state index is -3.68. The minimum Gasteiger partial charge on any atom is -0.494 e. The monoisotopic (exact) mass is 370 g/mol. The number of nitrogens with zero attached hydrogens (tertiary/aromatic N) is 1. The van der Waals surface area contributed by atoms with Gasteiger partial charge < -0.3 is 15.2 Å². The molecule has 0 spiro atoms. The zero-order valence-corrected chi connectivity index (χ0v) is 14.7. The molecular formula is C12H19ClN2O5S2. The summed E-state index contributed by atoms with van der Waals surface area (Å²) in [4.78, 5) is 11.7. The average Bonchev–Trinajstić information content (AvgIpc) is 3.13. The maximum atomic E-state index is 12.7. The SMILES string of the molecule is COC(=O)c1cc(OC)c(S(=O)(=O)N2CCC(CN)C2)s1.Cl. The zero-order valence-electron chi connectivity index (χ0n) is 12.3. The van der Waals surface area contributed by atoms with E-state index in [-0.39, 0.29) is 33.2 Å². The van der Waals surface area contributed by atoms with Crippen LogP contribution in [0.5, 0.6) is 5.75 Å². The number of methoxy groups -OCH3 is 2. The molecule has 0 aliphatic carbocycles. The summed E-state index contributed by atoms with van der Waals surface area (Å²) >= 11 is 0.859. The summed E-state index contributed by atoms with van der Waals surface area (Å²) < 4.78 is 36.5. The number of thiophene rings is 1. The van der Waals surface area contributed by atoms with Crippen LogP contribution >= 0.6 is 23.7 Å². The van der Waals surface area contributed by atoms with Crippen molar-refractivity contribution in [3.8, 4) is 5.75 Å². The summed E-state index contributed by atoms with van der Waals surface area (Å²) in [5.74, 6) is -0.247. The lowest BCUT2D eigenvalue weighted by Gasteiger charge is -2.15. The molecule has 7 nitrogen and oxygen atoms in total. The van der Waals surface area contributed by atoms with Crippen LogP contribution in [-0.4, -0.2) is 52.5 Å². The van der Waals surface area contributed by atoms with Gasteiger partial charge in [0.2, 0.25) is 0 Å². The van der Waals surface area contributed by atoms with Crippen LogP contribution in [0.15, 0.2) is 10.3 Å². The van der Waals surface area contributed by atoms with Gasteiger partial charge >= 0.3 is 5.97 Å². The molecule has 0 saturated carbocycles. The number of sulfonamides is 1. The number of carbonyl (C=O) groups is 1. The van der Waals surface area contributed by atoms with E-state index in [0.717, 1.165) is 17.8 Å². The third-order valence-electron chi connectivity index (χ3n) is 3.43. The Morgan fingerprint density at radius 1 is 1.50 bits per heavy atom. The summed E-state index contributed by atoms with van der Waals surface area (Å²) in [6.45, 7) is 1.28. The summed E-state index contributed by atoms with van der Waals surface area (Å²) in [6, 6.07) is 1.39. The number of hydrogen-bond acceptors (Lipinski definition) is 7. The molecule has 0 amide bonds. The second kappa shape index (κ2) is 7.60. The van der Waals surface area contributed by atoms with Crippen LogP contribution in [0.25, 0.3) is 0 Å². The van der Waals surface area contributed by atoms with Gasteiger partial charge in [0.15, 0.2) is 9.96 Å². The number of hydrogen-bond donors (Lipinski definition) is 1. The third kappa shape index (κ3) is 3.54. The van der Waals surface area contributed by atoms with E-state index in [2.05, 4.69) is 4.74 Å². The molecule has 10 heteroatoms. The van der Waals surface area contributed by atoms with Crippen LogP contribution in [-0.2, 0) is 14.8 Å². The predicted molar refractivity (Wildman–Crippen MR) is 85.4 cm³/mol. The van der Waals surface area contributed by atoms with Gasteiger partial charge in [-0.15, -0.1) is 23.7 Å². The first-order chi connectivity index (χ1) is 9.93. The Kier molecular flexibility index (Phi) is 6.63. The van der Waals surface area contributed by atoms with Crippen molar-refractivity contribution in [1.82, 2.24) is 4.31 Å². The Labute approximate surface area is 139 Å². The number of halogens is 1. The van der Waals surface area contributed by atoms with Gasteiger partial charge in [-0.2, -0.15) is 4.31 Å². The molecule has 1 atom stereocenters. The summed E-state index contributed by atoms with van der Waals surface area (Å²) in [7, 11) is -1.07. The molecule has 2 rings (SSSR count). The van der Waals surface area contributed by atoms with E-state index >= 15 is 0 Å². The van der Waals surface area contributed by atoms with Crippen molar-refractivity contribution in [1.29, 1.82) is 0 Å². The molecule has 0 bridgehead atoms. The fourth-order valence-electron chi connectivity index (χ4n) is 2.21. The zero-order chi connectivity index (χ0) is 15.6. The Bertz CT molecular complexity index is 631. The van der Waals surface area contributed by atoms with Crippen molar-refractivity contribution >= 4 is 39.7 Å². The maximum Gasteiger partial charge on any atom is 0.348 e. The quantitative estimate of drug-likeness (QED) is 0.774. The van der Waals surface area contributed by atoms with Crippen molar-refractivity contribution in [2.24, 2.45) is 11.7 Å². The molecule has 1 aliphatic rings. The van der Waals surface area contributed by atoms with E-state index in [1.165, 1.54) is 24.6 Å². The number of ether oxygens (including phenoxy) is 2. The van der Waals surface area contributed by atoms with Crippen LogP contribution in [0.1, 0.15) is 16.1 Å². The lowest BCUT2D eigenvalue weighted by atomic mass is 10.1. The maximum absolute atomic E-state index is 12.7. The highest BCUT2D eigenvalue weighted by molar-refractivity contribution is 7.91. The third-order valence-corrected chi connectivity index (χ3v) is 6.88. The van der Waals surface area contributed by atoms with E-state index in [0.29, 0.717) is 19.6 Å². The summed E-state index contributed by atoms with van der Waals surface area (Å²) in [5, 5.41) is 0. The second-order valence-corrected chi connectivity index (χ2v) is 7.90. The van der Waals surface area contributed by atoms with Gasteiger partial charge in [-0.25, -0.2) is 13.2 Å². The molecule has 0 radical (unpaired) electrons. The summed E-state index contributed by atoms with van der Waals surface area (Å²) in [5.41, 5.74) is 5.59. The smallest absolute Gasteiger partial charge is 0.348 e. The van der Waals surface area contributed by atoms with Crippen LogP contribution in [0.2, 0.25) is 0 Å². The second-order valence-electron chi connectivity index (χ2n) is 4.71. The van der Waals surface area contributed by atoms with Gasteiger partial charge in [0.1, 0.15) is 4.88 Å². The van der Waals surface area contributed by atoms with Crippen LogP contribution in [0.4, 0.5) is 0 Å². The van der Waals surface area contributed by atoms with Crippen molar-refractivity contribution in [3.63, 3.8) is 0 Å². The molecule has 0 aromatic carbocycles. The molecule has 1 aliphatic heterocycles. The highest BCUT2D eigenvalue weighted by atomic mass is 35.5. The molecule has 22 heavy (non-hydrogen) atoms. The Hall–Kier alpha value is -0.870. The van der Waals surface area contributed by atoms with E-state index in [9.17, 15) is 13.2 Å². The molecule has 1 aromatic heterocycles. The highest BCUT2D eigenvalue weighted by Gasteiger charge is 2.36. The van der Waals surface area contributed by atoms with E-state index in [1.807, 2.05) is 0 Å². The normalized spacial score (nSPS) is 18.8. The molecule has 126 valence electrons. The Morgan fingerprint density at radius 2 is 2.18 bits per heavy atom. The molecule has 2 heterocycles. The number of rotatable bonds is 5. The Balaban J connectivity index is 0.00000242. The first-order valence-corrected chi connectivity index (χ1v) is 8.66. The topological polar surface area (TPSA) is 98.9 Å². The molecular weight excluding hydrogens is 352 g/mol. The lowest BCUT2D eigenvalue weighted by Crippen LogP contribution is -2.29. The highest BCUT2D eigenvalue weighted by Crippen LogP contribution is 2.37. The predicted octanol–water partition coefficient (Wildman–Crippen LogP) is 0.934. The average molecular weight is 371 g/mol. The van der Waals surface area contributed by atoms with Crippen LogP contribution in [0, 0.1) is 5.92 Å². The van der Waals surface area contributed by atoms with Crippen molar-refractivity contribution < 1.29 is 22.7 Å². The van der Waals surface area contributed by atoms with Crippen LogP contribution < -0.4 is 10.5 Å². The van der Waals surface area contributed by atoms with Gasteiger partial charge in [0, 0.05) is 19.2 Å². The minimum absolute atomic E-state index is 0. The number of carbonyl (C=O) groups excluding carboxylic acids is 1. The Morgan fingerprint density at radius 3 is 2.68 bits per heavy atom. The lowest BCUT2D eigenvalue weighted by molar-refractivity contribution is 0.0606.